The van der Waals surface area contributed by atoms with E-state index in [2.05, 4.69) is 15.1 Å². The minimum atomic E-state index is -0.111. The summed E-state index contributed by atoms with van der Waals surface area (Å²) in [6.45, 7) is 4.03. The van der Waals surface area contributed by atoms with E-state index in [-0.39, 0.29) is 11.8 Å². The SMILES string of the molecule is Cc1ocnc1C(=O)N1CCOC[C@H](Cc2ccc3nccn3n2)C1. The van der Waals surface area contributed by atoms with Gasteiger partial charge in [-0.2, -0.15) is 5.10 Å². The third-order valence-corrected chi connectivity index (χ3v) is 4.38. The van der Waals surface area contributed by atoms with Crippen LogP contribution in [-0.2, 0) is 11.2 Å². The molecule has 1 saturated heterocycles. The molecule has 0 saturated carbocycles. The lowest BCUT2D eigenvalue weighted by Gasteiger charge is -2.22. The van der Waals surface area contributed by atoms with Gasteiger partial charge in [0.1, 0.15) is 5.76 Å². The quantitative estimate of drug-likeness (QED) is 0.715. The van der Waals surface area contributed by atoms with Crippen LogP contribution >= 0.6 is 0 Å². The van der Waals surface area contributed by atoms with Gasteiger partial charge in [0.2, 0.25) is 0 Å². The molecule has 0 spiro atoms. The number of oxazole rings is 1. The first-order chi connectivity index (χ1) is 12.2. The summed E-state index contributed by atoms with van der Waals surface area (Å²) in [4.78, 5) is 22.7. The average molecular weight is 341 g/mol. The van der Waals surface area contributed by atoms with Gasteiger partial charge in [0.05, 0.1) is 18.9 Å². The van der Waals surface area contributed by atoms with E-state index < -0.39 is 0 Å². The molecule has 4 heterocycles. The lowest BCUT2D eigenvalue weighted by molar-refractivity contribution is 0.0730. The minimum absolute atomic E-state index is 0.111. The number of aromatic nitrogens is 4. The van der Waals surface area contributed by atoms with Crippen LogP contribution in [0.3, 0.4) is 0 Å². The van der Waals surface area contributed by atoms with Gasteiger partial charge < -0.3 is 14.1 Å². The number of aryl methyl sites for hydroxylation is 1. The zero-order valence-electron chi connectivity index (χ0n) is 14.0. The van der Waals surface area contributed by atoms with Crippen molar-refractivity contribution in [3.8, 4) is 0 Å². The van der Waals surface area contributed by atoms with E-state index in [9.17, 15) is 4.79 Å². The van der Waals surface area contributed by atoms with Gasteiger partial charge in [0.15, 0.2) is 17.7 Å². The summed E-state index contributed by atoms with van der Waals surface area (Å²) in [6.07, 6.45) is 5.58. The Morgan fingerprint density at radius 1 is 1.36 bits per heavy atom. The minimum Gasteiger partial charge on any atom is -0.448 e. The summed E-state index contributed by atoms with van der Waals surface area (Å²) in [5, 5.41) is 4.56. The fraction of sp³-hybridized carbons (Fsp3) is 0.412. The van der Waals surface area contributed by atoms with E-state index in [0.29, 0.717) is 37.8 Å². The van der Waals surface area contributed by atoms with Gasteiger partial charge in [-0.15, -0.1) is 0 Å². The first-order valence-electron chi connectivity index (χ1n) is 8.27. The molecular formula is C17H19N5O3. The van der Waals surface area contributed by atoms with Gasteiger partial charge in [-0.3, -0.25) is 4.79 Å². The van der Waals surface area contributed by atoms with Crippen LogP contribution in [0.25, 0.3) is 5.65 Å². The van der Waals surface area contributed by atoms with Crippen molar-refractivity contribution in [2.24, 2.45) is 5.92 Å². The van der Waals surface area contributed by atoms with E-state index in [4.69, 9.17) is 9.15 Å². The maximum atomic E-state index is 12.7. The van der Waals surface area contributed by atoms with Crippen LogP contribution in [0, 0.1) is 12.8 Å². The van der Waals surface area contributed by atoms with Crippen LogP contribution < -0.4 is 0 Å². The average Bonchev–Trinajstić information content (AvgIpc) is 3.18. The molecule has 3 aromatic rings. The Morgan fingerprint density at radius 3 is 3.12 bits per heavy atom. The normalized spacial score (nSPS) is 18.4. The van der Waals surface area contributed by atoms with Gasteiger partial charge in [-0.1, -0.05) is 0 Å². The molecule has 3 aromatic heterocycles. The topological polar surface area (TPSA) is 85.8 Å². The number of rotatable bonds is 3. The van der Waals surface area contributed by atoms with Crippen LogP contribution in [0.4, 0.5) is 0 Å². The number of amides is 1. The second kappa shape index (κ2) is 6.64. The van der Waals surface area contributed by atoms with Crippen molar-refractivity contribution in [1.29, 1.82) is 0 Å². The standard InChI is InChI=1S/C17H19N5O3/c1-12-16(19-11-25-12)17(23)21-6-7-24-10-13(9-21)8-14-2-3-15-18-4-5-22(15)20-14/h2-5,11,13H,6-10H2,1H3/t13-/m1/s1. The van der Waals surface area contributed by atoms with Gasteiger partial charge in [-0.25, -0.2) is 14.5 Å². The van der Waals surface area contributed by atoms with Crippen molar-refractivity contribution in [2.75, 3.05) is 26.3 Å². The lowest BCUT2D eigenvalue weighted by Crippen LogP contribution is -2.37. The van der Waals surface area contributed by atoms with Crippen molar-refractivity contribution >= 4 is 11.6 Å². The summed E-state index contributed by atoms with van der Waals surface area (Å²) < 4.78 is 12.6. The highest BCUT2D eigenvalue weighted by atomic mass is 16.5. The predicted molar refractivity (Wildman–Crippen MR) is 88.1 cm³/mol. The fourth-order valence-electron chi connectivity index (χ4n) is 3.11. The molecule has 4 rings (SSSR count). The summed E-state index contributed by atoms with van der Waals surface area (Å²) in [7, 11) is 0. The van der Waals surface area contributed by atoms with E-state index in [1.165, 1.54) is 6.39 Å². The monoisotopic (exact) mass is 341 g/mol. The largest absolute Gasteiger partial charge is 0.448 e. The number of carbonyl (C=O) groups is 1. The first-order valence-corrected chi connectivity index (χ1v) is 8.27. The number of hydrogen-bond acceptors (Lipinski definition) is 6. The van der Waals surface area contributed by atoms with Crippen molar-refractivity contribution in [1.82, 2.24) is 24.5 Å². The van der Waals surface area contributed by atoms with Gasteiger partial charge >= 0.3 is 0 Å². The third kappa shape index (κ3) is 3.25. The Labute approximate surface area is 144 Å². The van der Waals surface area contributed by atoms with Crippen molar-refractivity contribution < 1.29 is 13.9 Å². The Morgan fingerprint density at radius 2 is 2.28 bits per heavy atom. The molecule has 1 fully saturated rings. The number of nitrogens with zero attached hydrogens (tertiary/aromatic N) is 5. The summed E-state index contributed by atoms with van der Waals surface area (Å²) in [6, 6.07) is 3.92. The first kappa shape index (κ1) is 15.8. The van der Waals surface area contributed by atoms with Crippen molar-refractivity contribution in [3.05, 3.63) is 48.1 Å². The van der Waals surface area contributed by atoms with Crippen LogP contribution in [0.5, 0.6) is 0 Å². The molecule has 1 aliphatic heterocycles. The second-order valence-corrected chi connectivity index (χ2v) is 6.21. The molecule has 130 valence electrons. The summed E-state index contributed by atoms with van der Waals surface area (Å²) in [5.74, 6) is 0.603. The predicted octanol–water partition coefficient (Wildman–Crippen LogP) is 1.36. The smallest absolute Gasteiger partial charge is 0.276 e. The number of imidazole rings is 1. The number of carbonyl (C=O) groups excluding carboxylic acids is 1. The van der Waals surface area contributed by atoms with E-state index in [1.807, 2.05) is 18.3 Å². The lowest BCUT2D eigenvalue weighted by atomic mass is 10.0. The molecule has 0 bridgehead atoms. The summed E-state index contributed by atoms with van der Waals surface area (Å²) >= 11 is 0. The molecule has 1 atom stereocenters. The number of hydrogen-bond donors (Lipinski definition) is 0. The molecule has 0 radical (unpaired) electrons. The van der Waals surface area contributed by atoms with Crippen molar-refractivity contribution in [2.45, 2.75) is 13.3 Å². The molecule has 8 nitrogen and oxygen atoms in total. The van der Waals surface area contributed by atoms with Crippen LogP contribution in [0.1, 0.15) is 21.9 Å². The van der Waals surface area contributed by atoms with E-state index in [1.54, 1.807) is 22.5 Å². The molecule has 0 aromatic carbocycles. The highest BCUT2D eigenvalue weighted by Gasteiger charge is 2.26. The molecule has 1 amide bonds. The molecule has 1 aliphatic rings. The maximum Gasteiger partial charge on any atom is 0.276 e. The molecule has 0 aliphatic carbocycles. The Balaban J connectivity index is 1.49. The molecule has 0 unspecified atom stereocenters. The molecule has 0 N–H and O–H groups in total. The van der Waals surface area contributed by atoms with Gasteiger partial charge in [0.25, 0.3) is 5.91 Å². The molecular weight excluding hydrogens is 322 g/mol. The maximum absolute atomic E-state index is 12.7. The third-order valence-electron chi connectivity index (χ3n) is 4.38. The Hall–Kier alpha value is -2.74. The molecule has 8 heteroatoms. The number of fused-ring (bicyclic) bond motifs is 1. The van der Waals surface area contributed by atoms with E-state index >= 15 is 0 Å². The Kier molecular flexibility index (Phi) is 4.19. The van der Waals surface area contributed by atoms with Crippen LogP contribution in [0.2, 0.25) is 0 Å². The Bertz CT molecular complexity index is 887. The van der Waals surface area contributed by atoms with Gasteiger partial charge in [-0.05, 0) is 25.5 Å². The van der Waals surface area contributed by atoms with E-state index in [0.717, 1.165) is 17.8 Å². The zero-order valence-corrected chi connectivity index (χ0v) is 14.0. The fourth-order valence-corrected chi connectivity index (χ4v) is 3.11. The van der Waals surface area contributed by atoms with Crippen LogP contribution in [0.15, 0.2) is 35.3 Å². The number of ether oxygens (including phenoxy) is 1. The van der Waals surface area contributed by atoms with Crippen LogP contribution in [-0.4, -0.2) is 56.7 Å². The van der Waals surface area contributed by atoms with Crippen molar-refractivity contribution in [3.63, 3.8) is 0 Å². The van der Waals surface area contributed by atoms with Gasteiger partial charge in [0, 0.05) is 31.4 Å². The zero-order chi connectivity index (χ0) is 17.2. The molecule has 25 heavy (non-hydrogen) atoms. The highest BCUT2D eigenvalue weighted by Crippen LogP contribution is 2.16. The second-order valence-electron chi connectivity index (χ2n) is 6.21. The highest BCUT2D eigenvalue weighted by molar-refractivity contribution is 5.93. The summed E-state index contributed by atoms with van der Waals surface area (Å²) in [5.41, 5.74) is 2.14.